The number of hydrogen-bond acceptors (Lipinski definition) is 7. The molecule has 1 aliphatic carbocycles. The van der Waals surface area contributed by atoms with E-state index in [-0.39, 0.29) is 30.7 Å². The smallest absolute Gasteiger partial charge is 0.326 e. The largest absolute Gasteiger partial charge is 0.484 e. The van der Waals surface area contributed by atoms with Crippen LogP contribution in [0, 0.1) is 17.6 Å². The Labute approximate surface area is 274 Å². The van der Waals surface area contributed by atoms with Crippen LogP contribution in [0.25, 0.3) is 0 Å². The number of carbonyl (C=O) groups is 4. The molecule has 3 aromatic rings. The number of carboxylic acids is 1. The highest BCUT2D eigenvalue weighted by Crippen LogP contribution is 2.46. The minimum Gasteiger partial charge on any atom is -0.484 e. The molecule has 4 atom stereocenters. The summed E-state index contributed by atoms with van der Waals surface area (Å²) in [5, 5.41) is 24.5. The maximum Gasteiger partial charge on any atom is 0.326 e. The fourth-order valence-corrected chi connectivity index (χ4v) is 7.15. The monoisotopic (exact) mass is 667 g/mol. The molecule has 13 heteroatoms. The van der Waals surface area contributed by atoms with Crippen LogP contribution in [-0.2, 0) is 19.2 Å². The summed E-state index contributed by atoms with van der Waals surface area (Å²) in [5.74, 6) is -2.91. The van der Waals surface area contributed by atoms with Gasteiger partial charge >= 0.3 is 5.97 Å². The van der Waals surface area contributed by atoms with Gasteiger partial charge in [-0.1, -0.05) is 37.1 Å². The lowest BCUT2D eigenvalue weighted by Gasteiger charge is -2.47. The third-order valence-corrected chi connectivity index (χ3v) is 9.66. The fraction of sp³-hybridized carbons (Fsp3) is 0.353. The number of amides is 3. The first-order valence-corrected chi connectivity index (χ1v) is 16.3. The zero-order valence-corrected chi connectivity index (χ0v) is 26.1. The first-order chi connectivity index (χ1) is 22.6. The summed E-state index contributed by atoms with van der Waals surface area (Å²) in [5.41, 5.74) is 1.78. The van der Waals surface area contributed by atoms with Crippen LogP contribution in [0.2, 0.25) is 0 Å². The Balaban J connectivity index is 1.17. The van der Waals surface area contributed by atoms with Crippen molar-refractivity contribution in [2.24, 2.45) is 5.92 Å². The van der Waals surface area contributed by atoms with Gasteiger partial charge in [-0.05, 0) is 78.4 Å². The van der Waals surface area contributed by atoms with Gasteiger partial charge in [-0.25, -0.2) is 13.6 Å². The lowest BCUT2D eigenvalue weighted by molar-refractivity contribution is -0.143. The summed E-state index contributed by atoms with van der Waals surface area (Å²) in [4.78, 5) is 51.1. The minimum absolute atomic E-state index is 0.124. The van der Waals surface area contributed by atoms with Gasteiger partial charge in [-0.2, -0.15) is 0 Å². The molecular formula is C34H35F2N3O7S. The molecule has 1 heterocycles. The number of aliphatic hydroxyl groups excluding tert-OH is 1. The van der Waals surface area contributed by atoms with Crippen molar-refractivity contribution in [2.75, 3.05) is 23.8 Å². The Kier molecular flexibility index (Phi) is 11.1. The number of nitrogens with one attached hydrogen (secondary N) is 2. The highest BCUT2D eigenvalue weighted by molar-refractivity contribution is 8.00. The molecule has 0 bridgehead atoms. The number of β-lactam (4-membered cyclic amide) rings is 1. The van der Waals surface area contributed by atoms with E-state index in [0.29, 0.717) is 17.0 Å². The molecule has 2 fully saturated rings. The van der Waals surface area contributed by atoms with Crippen LogP contribution in [0.4, 0.5) is 14.5 Å². The zero-order valence-electron chi connectivity index (χ0n) is 25.3. The number of thioether (sulfide) groups is 1. The van der Waals surface area contributed by atoms with E-state index in [1.807, 2.05) is 0 Å². The number of ether oxygens (including phenoxy) is 1. The molecule has 3 amide bonds. The third-order valence-electron chi connectivity index (χ3n) is 8.33. The van der Waals surface area contributed by atoms with E-state index in [4.69, 9.17) is 4.74 Å². The zero-order chi connectivity index (χ0) is 33.5. The molecule has 1 aliphatic heterocycles. The average Bonchev–Trinajstić information content (AvgIpc) is 3.60. The Morgan fingerprint density at radius 1 is 0.915 bits per heavy atom. The molecule has 4 N–H and O–H groups in total. The number of aliphatic hydroxyl groups is 1. The van der Waals surface area contributed by atoms with E-state index in [2.05, 4.69) is 10.6 Å². The van der Waals surface area contributed by atoms with Gasteiger partial charge in [-0.3, -0.25) is 14.4 Å². The summed E-state index contributed by atoms with van der Waals surface area (Å²) in [7, 11) is 0. The van der Waals surface area contributed by atoms with Crippen LogP contribution in [0.5, 0.6) is 5.75 Å². The molecule has 0 radical (unpaired) electrons. The van der Waals surface area contributed by atoms with E-state index >= 15 is 0 Å². The second kappa shape index (κ2) is 15.4. The minimum atomic E-state index is -1.09. The van der Waals surface area contributed by atoms with Gasteiger partial charge in [0.2, 0.25) is 11.8 Å². The second-order valence-electron chi connectivity index (χ2n) is 11.5. The van der Waals surface area contributed by atoms with Gasteiger partial charge in [0.25, 0.3) is 5.91 Å². The van der Waals surface area contributed by atoms with Crippen LogP contribution in [-0.4, -0.2) is 64.1 Å². The maximum atomic E-state index is 13.6. The average molecular weight is 668 g/mol. The molecule has 0 spiro atoms. The normalized spacial score (nSPS) is 19.0. The van der Waals surface area contributed by atoms with Gasteiger partial charge in [-0.15, -0.1) is 11.8 Å². The standard InChI is InChI=1S/C34H35F2N3O7S/c35-23-9-5-20(6-10-23)27(40)19-47-32-31(39(33(32)43)25-13-11-24(36)12-14-25)22-7-15-26(16-8-22)46-18-29(42)37-17-28(41)38-30(34(44)45)21-3-1-2-4-21/h5-16,21,27,30-32,40H,1-4,17-19H2,(H,37,42)(H,38,41)(H,44,45)/t27?,30?,31-,32-/m1/s1. The van der Waals surface area contributed by atoms with Crippen molar-refractivity contribution in [1.82, 2.24) is 10.6 Å². The Morgan fingerprint density at radius 2 is 1.53 bits per heavy atom. The fourth-order valence-electron chi connectivity index (χ4n) is 5.85. The number of carbonyl (C=O) groups excluding carboxylic acids is 3. The molecule has 0 aromatic heterocycles. The predicted molar refractivity (Wildman–Crippen MR) is 171 cm³/mol. The van der Waals surface area contributed by atoms with Gasteiger partial charge in [0.15, 0.2) is 6.61 Å². The summed E-state index contributed by atoms with van der Waals surface area (Å²) < 4.78 is 32.5. The van der Waals surface area contributed by atoms with Crippen molar-refractivity contribution in [1.29, 1.82) is 0 Å². The van der Waals surface area contributed by atoms with Crippen LogP contribution < -0.4 is 20.3 Å². The van der Waals surface area contributed by atoms with Crippen LogP contribution in [0.1, 0.15) is 49.0 Å². The summed E-state index contributed by atoms with van der Waals surface area (Å²) >= 11 is 1.26. The van der Waals surface area contributed by atoms with Gasteiger partial charge in [0.1, 0.15) is 28.7 Å². The van der Waals surface area contributed by atoms with Gasteiger partial charge in [0.05, 0.1) is 18.7 Å². The Bertz CT molecular complexity index is 1570. The van der Waals surface area contributed by atoms with E-state index in [0.717, 1.165) is 31.2 Å². The quantitative estimate of drug-likeness (QED) is 0.188. The predicted octanol–water partition coefficient (Wildman–Crippen LogP) is 4.14. The van der Waals surface area contributed by atoms with Crippen molar-refractivity contribution >= 4 is 41.1 Å². The number of aliphatic carboxylic acids is 1. The van der Waals surface area contributed by atoms with Crippen LogP contribution in [0.15, 0.2) is 72.8 Å². The number of nitrogens with zero attached hydrogens (tertiary/aromatic N) is 1. The SMILES string of the molecule is O=C(COc1ccc([C@@H]2[C@@H](SCC(O)c3ccc(F)cc3)C(=O)N2c2ccc(F)cc2)cc1)NCC(=O)NC(C(=O)O)C1CCCC1. The van der Waals surface area contributed by atoms with E-state index in [9.17, 15) is 38.2 Å². The molecule has 10 nitrogen and oxygen atoms in total. The van der Waals surface area contributed by atoms with Crippen molar-refractivity contribution < 1.29 is 42.9 Å². The van der Waals surface area contributed by atoms with Crippen molar-refractivity contribution in [3.63, 3.8) is 0 Å². The number of anilines is 1. The summed E-state index contributed by atoms with van der Waals surface area (Å²) in [6.07, 6.45) is 2.39. The highest BCUT2D eigenvalue weighted by atomic mass is 32.2. The molecule has 2 aliphatic rings. The molecule has 1 saturated carbocycles. The van der Waals surface area contributed by atoms with Gasteiger partial charge in [0, 0.05) is 11.4 Å². The van der Waals surface area contributed by atoms with Crippen LogP contribution >= 0.6 is 11.8 Å². The molecule has 47 heavy (non-hydrogen) atoms. The molecule has 1 saturated heterocycles. The van der Waals surface area contributed by atoms with E-state index < -0.39 is 52.9 Å². The number of hydrogen-bond donors (Lipinski definition) is 4. The summed E-state index contributed by atoms with van der Waals surface area (Å²) in [6, 6.07) is 16.4. The molecular weight excluding hydrogens is 632 g/mol. The number of carboxylic acid groups (broad SMARTS) is 1. The van der Waals surface area contributed by atoms with Crippen molar-refractivity contribution in [2.45, 2.75) is 49.1 Å². The Hall–Kier alpha value is -4.49. The van der Waals surface area contributed by atoms with Crippen molar-refractivity contribution in [3.05, 3.63) is 95.6 Å². The topological polar surface area (TPSA) is 145 Å². The van der Waals surface area contributed by atoms with E-state index in [1.54, 1.807) is 29.2 Å². The first kappa shape index (κ1) is 33.9. The molecule has 248 valence electrons. The lowest BCUT2D eigenvalue weighted by Crippen LogP contribution is -2.57. The maximum absolute atomic E-state index is 13.6. The third kappa shape index (κ3) is 8.46. The number of halogens is 2. The van der Waals surface area contributed by atoms with E-state index in [1.165, 1.54) is 60.3 Å². The molecule has 5 rings (SSSR count). The highest BCUT2D eigenvalue weighted by Gasteiger charge is 2.49. The summed E-state index contributed by atoms with van der Waals surface area (Å²) in [6.45, 7) is -0.775. The van der Waals surface area contributed by atoms with Crippen molar-refractivity contribution in [3.8, 4) is 5.75 Å². The molecule has 2 unspecified atom stereocenters. The number of benzene rings is 3. The molecule has 3 aromatic carbocycles. The first-order valence-electron chi connectivity index (χ1n) is 15.3. The Morgan fingerprint density at radius 3 is 2.15 bits per heavy atom. The van der Waals surface area contributed by atoms with Gasteiger partial charge < -0.3 is 30.5 Å². The van der Waals surface area contributed by atoms with Crippen LogP contribution in [0.3, 0.4) is 0 Å². The lowest BCUT2D eigenvalue weighted by atomic mass is 9.92. The second-order valence-corrected chi connectivity index (χ2v) is 12.7. The number of rotatable bonds is 14.